The Balaban J connectivity index is 2.00. The van der Waals surface area contributed by atoms with Gasteiger partial charge in [-0.25, -0.2) is 8.78 Å². The third-order valence-electron chi connectivity index (χ3n) is 3.20. The van der Waals surface area contributed by atoms with Gasteiger partial charge in [0.15, 0.2) is 0 Å². The maximum absolute atomic E-state index is 12.8. The number of amides is 1. The van der Waals surface area contributed by atoms with Crippen molar-refractivity contribution in [1.29, 1.82) is 0 Å². The average Bonchev–Trinajstić information content (AvgIpc) is 2.90. The number of pyridine rings is 1. The second-order valence-corrected chi connectivity index (χ2v) is 5.47. The van der Waals surface area contributed by atoms with Gasteiger partial charge in [-0.3, -0.25) is 14.5 Å². The lowest BCUT2D eigenvalue weighted by Gasteiger charge is -2.09. The highest BCUT2D eigenvalue weighted by Crippen LogP contribution is 2.31. The summed E-state index contributed by atoms with van der Waals surface area (Å²) in [5.41, 5.74) is -1.76. The number of rotatable bonds is 5. The fourth-order valence-corrected chi connectivity index (χ4v) is 2.30. The van der Waals surface area contributed by atoms with Gasteiger partial charge in [0.1, 0.15) is 5.69 Å². The molecule has 0 aliphatic heterocycles. The lowest BCUT2D eigenvalue weighted by atomic mass is 10.2. The Morgan fingerprint density at radius 3 is 2.64 bits per heavy atom. The average molecular weight is 383 g/mol. The molecule has 0 radical (unpaired) electrons. The van der Waals surface area contributed by atoms with Gasteiger partial charge in [0.25, 0.3) is 12.3 Å². The number of aryl methyl sites for hydroxylation is 1. The molecule has 136 valence electrons. The van der Waals surface area contributed by atoms with Gasteiger partial charge >= 0.3 is 6.18 Å². The highest BCUT2D eigenvalue weighted by atomic mass is 35.5. The summed E-state index contributed by atoms with van der Waals surface area (Å²) >= 11 is 5.75. The Morgan fingerprint density at radius 1 is 1.40 bits per heavy atom. The van der Waals surface area contributed by atoms with Crippen LogP contribution in [0.1, 0.15) is 33.7 Å². The fraction of sp³-hybridized carbons (Fsp3) is 0.357. The molecule has 2 heterocycles. The van der Waals surface area contributed by atoms with E-state index in [9.17, 15) is 26.7 Å². The minimum atomic E-state index is -4.56. The largest absolute Gasteiger partial charge is 0.417 e. The van der Waals surface area contributed by atoms with Gasteiger partial charge in [-0.05, 0) is 6.07 Å². The zero-order valence-electron chi connectivity index (χ0n) is 12.7. The number of nitrogens with one attached hydrogen (secondary N) is 1. The van der Waals surface area contributed by atoms with E-state index in [1.165, 1.54) is 7.05 Å². The molecule has 0 saturated carbocycles. The molecule has 1 N–H and O–H groups in total. The Kier molecular flexibility index (Phi) is 5.61. The molecule has 25 heavy (non-hydrogen) atoms. The zero-order chi connectivity index (χ0) is 18.8. The maximum Gasteiger partial charge on any atom is 0.417 e. The Labute approximate surface area is 143 Å². The van der Waals surface area contributed by atoms with E-state index in [2.05, 4.69) is 15.4 Å². The zero-order valence-corrected chi connectivity index (χ0v) is 13.5. The number of alkyl halides is 5. The molecule has 5 nitrogen and oxygen atoms in total. The molecule has 0 atom stereocenters. The standard InChI is InChI=1S/C14H12ClF5N4O/c1-24-6-8(11(23-24)12(16)17)13(25)21-3-2-10-9(15)4-7(5-22-10)14(18,19)20/h4-6,12H,2-3H2,1H3,(H,21,25). The Hall–Kier alpha value is -2.23. The maximum atomic E-state index is 12.8. The molecule has 0 aliphatic rings. The van der Waals surface area contributed by atoms with Gasteiger partial charge in [0.05, 0.1) is 21.8 Å². The van der Waals surface area contributed by atoms with Crippen molar-refractivity contribution < 1.29 is 26.7 Å². The molecule has 2 rings (SSSR count). The number of hydrogen-bond donors (Lipinski definition) is 1. The first-order valence-electron chi connectivity index (χ1n) is 6.91. The van der Waals surface area contributed by atoms with Crippen molar-refractivity contribution in [3.63, 3.8) is 0 Å². The van der Waals surface area contributed by atoms with Gasteiger partial charge in [-0.15, -0.1) is 0 Å². The van der Waals surface area contributed by atoms with E-state index in [4.69, 9.17) is 11.6 Å². The van der Waals surface area contributed by atoms with Crippen molar-refractivity contribution in [2.45, 2.75) is 19.0 Å². The van der Waals surface area contributed by atoms with Gasteiger partial charge in [-0.2, -0.15) is 18.3 Å². The first-order valence-corrected chi connectivity index (χ1v) is 7.29. The number of carbonyl (C=O) groups is 1. The highest BCUT2D eigenvalue weighted by molar-refractivity contribution is 6.31. The van der Waals surface area contributed by atoms with Crippen LogP contribution in [-0.4, -0.2) is 27.2 Å². The number of hydrogen-bond acceptors (Lipinski definition) is 3. The van der Waals surface area contributed by atoms with Crippen LogP contribution in [0.15, 0.2) is 18.5 Å². The molecule has 1 amide bonds. The molecule has 2 aromatic rings. The van der Waals surface area contributed by atoms with Crippen LogP contribution in [0, 0.1) is 0 Å². The number of halogens is 6. The summed E-state index contributed by atoms with van der Waals surface area (Å²) in [6.07, 6.45) is -5.64. The van der Waals surface area contributed by atoms with Crippen molar-refractivity contribution >= 4 is 17.5 Å². The van der Waals surface area contributed by atoms with Crippen molar-refractivity contribution in [2.24, 2.45) is 7.05 Å². The minimum absolute atomic E-state index is 0.0347. The molecular formula is C14H12ClF5N4O. The van der Waals surface area contributed by atoms with E-state index in [0.29, 0.717) is 6.20 Å². The molecule has 11 heteroatoms. The van der Waals surface area contributed by atoms with Crippen LogP contribution in [0.2, 0.25) is 5.02 Å². The second-order valence-electron chi connectivity index (χ2n) is 5.06. The van der Waals surface area contributed by atoms with E-state index in [1.54, 1.807) is 0 Å². The topological polar surface area (TPSA) is 59.8 Å². The lowest BCUT2D eigenvalue weighted by Crippen LogP contribution is -2.26. The number of nitrogens with zero attached hydrogens (tertiary/aromatic N) is 3. The van der Waals surface area contributed by atoms with Gasteiger partial charge in [-0.1, -0.05) is 11.6 Å². The van der Waals surface area contributed by atoms with Crippen LogP contribution in [0.4, 0.5) is 22.0 Å². The van der Waals surface area contributed by atoms with Crippen molar-refractivity contribution in [3.05, 3.63) is 46.0 Å². The monoisotopic (exact) mass is 382 g/mol. The minimum Gasteiger partial charge on any atom is -0.352 e. The molecule has 0 saturated heterocycles. The second kappa shape index (κ2) is 7.34. The first kappa shape index (κ1) is 19.1. The van der Waals surface area contributed by atoms with Crippen LogP contribution in [0.25, 0.3) is 0 Å². The molecule has 0 aliphatic carbocycles. The lowest BCUT2D eigenvalue weighted by molar-refractivity contribution is -0.137. The normalized spacial score (nSPS) is 11.8. The highest BCUT2D eigenvalue weighted by Gasteiger charge is 2.31. The summed E-state index contributed by atoms with van der Waals surface area (Å²) in [6, 6.07) is 0.738. The molecule has 0 spiro atoms. The number of carbonyl (C=O) groups excluding carboxylic acids is 1. The molecule has 0 bridgehead atoms. The predicted molar refractivity (Wildman–Crippen MR) is 78.5 cm³/mol. The van der Waals surface area contributed by atoms with E-state index >= 15 is 0 Å². The summed E-state index contributed by atoms with van der Waals surface area (Å²) in [4.78, 5) is 15.6. The summed E-state index contributed by atoms with van der Waals surface area (Å²) in [6.45, 7) is -0.0471. The quantitative estimate of drug-likeness (QED) is 0.806. The Bertz CT molecular complexity index is 775. The SMILES string of the molecule is Cn1cc(C(=O)NCCc2ncc(C(F)(F)F)cc2Cl)c(C(F)F)n1. The van der Waals surface area contributed by atoms with E-state index in [0.717, 1.165) is 16.9 Å². The van der Waals surface area contributed by atoms with Crippen LogP contribution in [0.3, 0.4) is 0 Å². The fourth-order valence-electron chi connectivity index (χ4n) is 2.04. The molecule has 2 aromatic heterocycles. The summed E-state index contributed by atoms with van der Waals surface area (Å²) in [5, 5.41) is 5.70. The van der Waals surface area contributed by atoms with E-state index in [1.807, 2.05) is 0 Å². The Morgan fingerprint density at radius 2 is 2.08 bits per heavy atom. The summed E-state index contributed by atoms with van der Waals surface area (Å²) < 4.78 is 64.3. The van der Waals surface area contributed by atoms with Gasteiger partial charge in [0.2, 0.25) is 0 Å². The third-order valence-corrected chi connectivity index (χ3v) is 3.53. The smallest absolute Gasteiger partial charge is 0.352 e. The van der Waals surface area contributed by atoms with Crippen molar-refractivity contribution in [1.82, 2.24) is 20.1 Å². The summed E-state index contributed by atoms with van der Waals surface area (Å²) in [5.74, 6) is -0.772. The van der Waals surface area contributed by atoms with Crippen LogP contribution >= 0.6 is 11.6 Å². The summed E-state index contributed by atoms with van der Waals surface area (Å²) in [7, 11) is 1.40. The van der Waals surface area contributed by atoms with E-state index < -0.39 is 29.8 Å². The van der Waals surface area contributed by atoms with E-state index in [-0.39, 0.29) is 29.2 Å². The number of aromatic nitrogens is 3. The van der Waals surface area contributed by atoms with Crippen LogP contribution in [0.5, 0.6) is 0 Å². The predicted octanol–water partition coefficient (Wildman–Crippen LogP) is 3.40. The molecular weight excluding hydrogens is 371 g/mol. The molecule has 0 fully saturated rings. The van der Waals surface area contributed by atoms with Crippen molar-refractivity contribution in [3.8, 4) is 0 Å². The molecule has 0 aromatic carbocycles. The van der Waals surface area contributed by atoms with Gasteiger partial charge in [0, 0.05) is 32.4 Å². The first-order chi connectivity index (χ1) is 11.6. The van der Waals surface area contributed by atoms with Gasteiger partial charge < -0.3 is 5.32 Å². The van der Waals surface area contributed by atoms with Crippen LogP contribution < -0.4 is 5.32 Å². The third kappa shape index (κ3) is 4.65. The van der Waals surface area contributed by atoms with Crippen LogP contribution in [-0.2, 0) is 19.6 Å². The van der Waals surface area contributed by atoms with Crippen molar-refractivity contribution in [2.75, 3.05) is 6.54 Å². The molecule has 0 unspecified atom stereocenters.